The number of amides is 1. The molecule has 110 valence electrons. The summed E-state index contributed by atoms with van der Waals surface area (Å²) in [6.07, 6.45) is 0.785. The van der Waals surface area contributed by atoms with Crippen molar-refractivity contribution < 1.29 is 4.79 Å². The lowest BCUT2D eigenvalue weighted by atomic mass is 10.1. The van der Waals surface area contributed by atoms with Gasteiger partial charge in [0, 0.05) is 28.5 Å². The zero-order valence-corrected chi connectivity index (χ0v) is 13.9. The molecule has 2 rings (SSSR count). The fraction of sp³-hybridized carbons (Fsp3) is 0.250. The zero-order chi connectivity index (χ0) is 15.4. The Kier molecular flexibility index (Phi) is 4.96. The van der Waals surface area contributed by atoms with E-state index in [9.17, 15) is 4.79 Å². The normalized spacial score (nSPS) is 10.3. The first kappa shape index (κ1) is 15.5. The third-order valence-electron chi connectivity index (χ3n) is 3.20. The number of pyridine rings is 1. The average molecular weight is 348 g/mol. The van der Waals surface area contributed by atoms with Gasteiger partial charge in [0.2, 0.25) is 0 Å². The van der Waals surface area contributed by atoms with Crippen LogP contribution in [0.3, 0.4) is 0 Å². The molecule has 4 nitrogen and oxygen atoms in total. The van der Waals surface area contributed by atoms with E-state index in [0.717, 1.165) is 27.8 Å². The van der Waals surface area contributed by atoms with Crippen molar-refractivity contribution in [2.75, 3.05) is 17.7 Å². The number of carbonyl (C=O) groups excluding carboxylic acids is 1. The van der Waals surface area contributed by atoms with Crippen LogP contribution in [0, 0.1) is 6.92 Å². The Hall–Kier alpha value is -1.88. The number of rotatable bonds is 4. The fourth-order valence-corrected chi connectivity index (χ4v) is 2.47. The first-order chi connectivity index (χ1) is 10.0. The molecule has 1 amide bonds. The van der Waals surface area contributed by atoms with Crippen LogP contribution in [-0.2, 0) is 6.42 Å². The molecule has 0 saturated carbocycles. The number of carbonyl (C=O) groups is 1. The van der Waals surface area contributed by atoms with Gasteiger partial charge in [0.05, 0.1) is 0 Å². The molecular formula is C16H18BrN3O. The van der Waals surface area contributed by atoms with Crippen molar-refractivity contribution in [2.45, 2.75) is 20.3 Å². The molecule has 0 spiro atoms. The smallest absolute Gasteiger partial charge is 0.255 e. The summed E-state index contributed by atoms with van der Waals surface area (Å²) in [5.74, 6) is 0.570. The Balaban J connectivity index is 2.27. The maximum atomic E-state index is 12.4. The molecule has 0 unspecified atom stereocenters. The van der Waals surface area contributed by atoms with E-state index in [4.69, 9.17) is 0 Å². The third kappa shape index (κ3) is 3.82. The lowest BCUT2D eigenvalue weighted by Gasteiger charge is -2.11. The van der Waals surface area contributed by atoms with Crippen molar-refractivity contribution in [2.24, 2.45) is 0 Å². The Bertz CT molecular complexity index is 648. The number of anilines is 2. The quantitative estimate of drug-likeness (QED) is 0.878. The molecular weight excluding hydrogens is 330 g/mol. The molecule has 2 aromatic rings. The fourth-order valence-electron chi connectivity index (χ4n) is 1.99. The predicted molar refractivity (Wildman–Crippen MR) is 90.0 cm³/mol. The molecule has 1 aromatic heterocycles. The highest BCUT2D eigenvalue weighted by atomic mass is 79.9. The van der Waals surface area contributed by atoms with E-state index in [1.165, 1.54) is 0 Å². The summed E-state index contributed by atoms with van der Waals surface area (Å²) in [4.78, 5) is 16.8. The van der Waals surface area contributed by atoms with Crippen molar-refractivity contribution in [3.05, 3.63) is 51.6 Å². The molecule has 0 bridgehead atoms. The van der Waals surface area contributed by atoms with Gasteiger partial charge in [-0.25, -0.2) is 4.98 Å². The highest BCUT2D eigenvalue weighted by Crippen LogP contribution is 2.21. The van der Waals surface area contributed by atoms with Gasteiger partial charge in [-0.1, -0.05) is 22.9 Å². The van der Waals surface area contributed by atoms with Crippen LogP contribution in [0.25, 0.3) is 0 Å². The number of benzene rings is 1. The van der Waals surface area contributed by atoms with E-state index < -0.39 is 0 Å². The summed E-state index contributed by atoms with van der Waals surface area (Å²) in [6, 6.07) is 9.34. The minimum atomic E-state index is -0.131. The number of halogens is 1. The maximum absolute atomic E-state index is 12.4. The van der Waals surface area contributed by atoms with Crippen LogP contribution < -0.4 is 10.6 Å². The van der Waals surface area contributed by atoms with Crippen molar-refractivity contribution >= 4 is 33.3 Å². The Morgan fingerprint density at radius 1 is 1.29 bits per heavy atom. The monoisotopic (exact) mass is 347 g/mol. The molecule has 2 N–H and O–H groups in total. The topological polar surface area (TPSA) is 54.0 Å². The van der Waals surface area contributed by atoms with Crippen LogP contribution >= 0.6 is 15.9 Å². The van der Waals surface area contributed by atoms with Crippen LogP contribution in [0.5, 0.6) is 0 Å². The number of aryl methyl sites for hydroxylation is 2. The first-order valence-electron chi connectivity index (χ1n) is 6.79. The number of hydrogen-bond acceptors (Lipinski definition) is 3. The van der Waals surface area contributed by atoms with Crippen LogP contribution in [0.1, 0.15) is 28.5 Å². The molecule has 0 aliphatic rings. The van der Waals surface area contributed by atoms with E-state index in [2.05, 4.69) is 31.5 Å². The van der Waals surface area contributed by atoms with Gasteiger partial charge in [-0.2, -0.15) is 0 Å². The van der Waals surface area contributed by atoms with E-state index in [-0.39, 0.29) is 5.91 Å². The van der Waals surface area contributed by atoms with Gasteiger partial charge in [0.25, 0.3) is 5.91 Å². The van der Waals surface area contributed by atoms with Crippen molar-refractivity contribution in [1.29, 1.82) is 0 Å². The van der Waals surface area contributed by atoms with Crippen LogP contribution in [0.15, 0.2) is 34.8 Å². The molecule has 0 saturated heterocycles. The van der Waals surface area contributed by atoms with Crippen LogP contribution in [0.2, 0.25) is 0 Å². The molecule has 1 aromatic carbocycles. The molecule has 5 heteroatoms. The van der Waals surface area contributed by atoms with Crippen LogP contribution in [0.4, 0.5) is 11.5 Å². The molecule has 0 atom stereocenters. The summed E-state index contributed by atoms with van der Waals surface area (Å²) in [6.45, 7) is 3.98. The maximum Gasteiger partial charge on any atom is 0.255 e. The largest absolute Gasteiger partial charge is 0.373 e. The molecule has 0 radical (unpaired) electrons. The summed E-state index contributed by atoms with van der Waals surface area (Å²) in [5, 5.41) is 5.92. The Labute approximate surface area is 133 Å². The highest BCUT2D eigenvalue weighted by molar-refractivity contribution is 9.10. The van der Waals surface area contributed by atoms with Gasteiger partial charge in [0.1, 0.15) is 5.82 Å². The highest BCUT2D eigenvalue weighted by Gasteiger charge is 2.10. The van der Waals surface area contributed by atoms with E-state index in [1.807, 2.05) is 38.1 Å². The Morgan fingerprint density at radius 2 is 2.05 bits per heavy atom. The number of nitrogens with one attached hydrogen (secondary N) is 2. The molecule has 1 heterocycles. The van der Waals surface area contributed by atoms with E-state index in [0.29, 0.717) is 11.4 Å². The molecule has 0 fully saturated rings. The van der Waals surface area contributed by atoms with Gasteiger partial charge in [-0.15, -0.1) is 0 Å². The third-order valence-corrected chi connectivity index (χ3v) is 3.69. The van der Waals surface area contributed by atoms with Gasteiger partial charge in [-0.05, 0) is 49.2 Å². The van der Waals surface area contributed by atoms with Crippen molar-refractivity contribution in [3.63, 3.8) is 0 Å². The standard InChI is InChI=1S/C16H18BrN3O/c1-4-13-8-11(9-15(18-3)19-13)16(21)20-14-6-5-12(17)7-10(14)2/h5-9H,4H2,1-3H3,(H,18,19)(H,20,21). The van der Waals surface area contributed by atoms with Crippen LogP contribution in [-0.4, -0.2) is 17.9 Å². The SMILES string of the molecule is CCc1cc(C(=O)Nc2ccc(Br)cc2C)cc(NC)n1. The van der Waals surface area contributed by atoms with E-state index in [1.54, 1.807) is 13.1 Å². The minimum absolute atomic E-state index is 0.131. The number of hydrogen-bond donors (Lipinski definition) is 2. The van der Waals surface area contributed by atoms with Gasteiger partial charge >= 0.3 is 0 Å². The number of nitrogens with zero attached hydrogens (tertiary/aromatic N) is 1. The summed E-state index contributed by atoms with van der Waals surface area (Å²) < 4.78 is 0.993. The molecule has 0 aliphatic carbocycles. The molecule has 0 aliphatic heterocycles. The first-order valence-corrected chi connectivity index (χ1v) is 7.59. The van der Waals surface area contributed by atoms with Gasteiger partial charge in [-0.3, -0.25) is 4.79 Å². The lowest BCUT2D eigenvalue weighted by molar-refractivity contribution is 0.102. The summed E-state index contributed by atoms with van der Waals surface area (Å²) in [7, 11) is 1.79. The minimum Gasteiger partial charge on any atom is -0.373 e. The van der Waals surface area contributed by atoms with Crippen molar-refractivity contribution in [3.8, 4) is 0 Å². The summed E-state index contributed by atoms with van der Waals surface area (Å²) in [5.41, 5.74) is 3.31. The van der Waals surface area contributed by atoms with E-state index >= 15 is 0 Å². The average Bonchev–Trinajstić information content (AvgIpc) is 2.49. The lowest BCUT2D eigenvalue weighted by Crippen LogP contribution is -2.14. The van der Waals surface area contributed by atoms with Gasteiger partial charge < -0.3 is 10.6 Å². The second kappa shape index (κ2) is 6.72. The van der Waals surface area contributed by atoms with Gasteiger partial charge in [0.15, 0.2) is 0 Å². The molecule has 21 heavy (non-hydrogen) atoms. The second-order valence-electron chi connectivity index (χ2n) is 4.75. The Morgan fingerprint density at radius 3 is 2.67 bits per heavy atom. The van der Waals surface area contributed by atoms with Crippen molar-refractivity contribution in [1.82, 2.24) is 4.98 Å². The zero-order valence-electron chi connectivity index (χ0n) is 12.3. The second-order valence-corrected chi connectivity index (χ2v) is 5.66. The number of aromatic nitrogens is 1. The summed E-state index contributed by atoms with van der Waals surface area (Å²) >= 11 is 3.42. The predicted octanol–water partition coefficient (Wildman–Crippen LogP) is 4.01.